The van der Waals surface area contributed by atoms with Crippen molar-refractivity contribution in [2.75, 3.05) is 11.9 Å². The summed E-state index contributed by atoms with van der Waals surface area (Å²) in [5.74, 6) is -0.947. The predicted molar refractivity (Wildman–Crippen MR) is 148 cm³/mol. The standard InChI is InChI=1S/C27H19BrClN3O3S/c28-20-9-3-5-11-22(20)30-25(33)16-32-26(34)24(36-27(32)35)13-18-15-31(23-12-6-2-8-19(18)23)14-17-7-1-4-10-21(17)29/h1-13,15H,14,16H2,(H,30,33)/b24-13+. The summed E-state index contributed by atoms with van der Waals surface area (Å²) >= 11 is 10.6. The second-order valence-corrected chi connectivity index (χ2v) is 10.4. The predicted octanol–water partition coefficient (Wildman–Crippen LogP) is 6.78. The molecular formula is C27H19BrClN3O3S. The van der Waals surface area contributed by atoms with Gasteiger partial charge in [-0.15, -0.1) is 0 Å². The third kappa shape index (κ3) is 4.97. The van der Waals surface area contributed by atoms with Gasteiger partial charge in [0.25, 0.3) is 11.1 Å². The molecular weight excluding hydrogens is 562 g/mol. The molecule has 3 amide bonds. The zero-order valence-corrected chi connectivity index (χ0v) is 21.9. The van der Waals surface area contributed by atoms with Crippen LogP contribution in [0, 0.1) is 0 Å². The molecule has 1 aliphatic heterocycles. The lowest BCUT2D eigenvalue weighted by atomic mass is 10.1. The number of para-hydroxylation sites is 2. The maximum Gasteiger partial charge on any atom is 0.294 e. The van der Waals surface area contributed by atoms with Gasteiger partial charge in [-0.2, -0.15) is 0 Å². The summed E-state index contributed by atoms with van der Waals surface area (Å²) in [6.07, 6.45) is 3.66. The van der Waals surface area contributed by atoms with Crippen LogP contribution >= 0.6 is 39.3 Å². The smallest absolute Gasteiger partial charge is 0.294 e. The van der Waals surface area contributed by atoms with E-state index in [2.05, 4.69) is 25.8 Å². The fourth-order valence-corrected chi connectivity index (χ4v) is 5.41. The van der Waals surface area contributed by atoms with Crippen LogP contribution in [0.1, 0.15) is 11.1 Å². The number of carbonyl (C=O) groups is 3. The number of amides is 3. The topological polar surface area (TPSA) is 71.4 Å². The van der Waals surface area contributed by atoms with Crippen molar-refractivity contribution >= 4 is 79.0 Å². The molecule has 1 N–H and O–H groups in total. The molecule has 0 saturated carbocycles. The number of anilines is 1. The normalized spacial score (nSPS) is 14.7. The highest BCUT2D eigenvalue weighted by Gasteiger charge is 2.36. The largest absolute Gasteiger partial charge is 0.342 e. The first-order valence-electron chi connectivity index (χ1n) is 11.0. The van der Waals surface area contributed by atoms with E-state index >= 15 is 0 Å². The van der Waals surface area contributed by atoms with Gasteiger partial charge in [-0.3, -0.25) is 19.3 Å². The minimum Gasteiger partial charge on any atom is -0.342 e. The maximum absolute atomic E-state index is 13.1. The van der Waals surface area contributed by atoms with Crippen molar-refractivity contribution < 1.29 is 14.4 Å². The molecule has 1 aliphatic rings. The molecule has 0 radical (unpaired) electrons. The Morgan fingerprint density at radius 1 is 1.00 bits per heavy atom. The summed E-state index contributed by atoms with van der Waals surface area (Å²) in [7, 11) is 0. The molecule has 5 rings (SSSR count). The molecule has 1 saturated heterocycles. The minimum atomic E-state index is -0.491. The van der Waals surface area contributed by atoms with Crippen LogP contribution in [0.5, 0.6) is 0 Å². The van der Waals surface area contributed by atoms with E-state index in [0.717, 1.165) is 38.7 Å². The molecule has 0 aliphatic carbocycles. The van der Waals surface area contributed by atoms with E-state index in [1.165, 1.54) is 0 Å². The average Bonchev–Trinajstić information content (AvgIpc) is 3.34. The third-order valence-corrected chi connectivity index (χ3v) is 7.70. The van der Waals surface area contributed by atoms with Crippen molar-refractivity contribution in [2.45, 2.75) is 6.54 Å². The molecule has 0 atom stereocenters. The number of hydrogen-bond acceptors (Lipinski definition) is 4. The molecule has 3 aromatic carbocycles. The first-order valence-corrected chi connectivity index (χ1v) is 13.0. The Hall–Kier alpha value is -3.33. The molecule has 9 heteroatoms. The van der Waals surface area contributed by atoms with Crippen LogP contribution in [0.15, 0.2) is 88.4 Å². The Morgan fingerprint density at radius 2 is 1.72 bits per heavy atom. The fourth-order valence-electron chi connectivity index (χ4n) is 4.00. The molecule has 180 valence electrons. The van der Waals surface area contributed by atoms with Crippen LogP contribution in [-0.4, -0.2) is 33.1 Å². The second-order valence-electron chi connectivity index (χ2n) is 8.12. The van der Waals surface area contributed by atoms with E-state index < -0.39 is 17.1 Å². The number of aromatic nitrogens is 1. The Balaban J connectivity index is 1.39. The third-order valence-electron chi connectivity index (χ3n) is 5.73. The number of hydrogen-bond donors (Lipinski definition) is 1. The van der Waals surface area contributed by atoms with Crippen LogP contribution < -0.4 is 5.32 Å². The fraction of sp³-hybridized carbons (Fsp3) is 0.0741. The first-order chi connectivity index (χ1) is 17.4. The number of halogens is 2. The van der Waals surface area contributed by atoms with Crippen molar-refractivity contribution in [3.63, 3.8) is 0 Å². The van der Waals surface area contributed by atoms with Crippen LogP contribution in [0.25, 0.3) is 17.0 Å². The average molecular weight is 581 g/mol. The van der Waals surface area contributed by atoms with Crippen molar-refractivity contribution in [1.29, 1.82) is 0 Å². The van der Waals surface area contributed by atoms with E-state index in [1.54, 1.807) is 24.3 Å². The Bertz CT molecular complexity index is 1550. The van der Waals surface area contributed by atoms with Gasteiger partial charge >= 0.3 is 0 Å². The number of imide groups is 1. The van der Waals surface area contributed by atoms with Crippen molar-refractivity contribution in [3.8, 4) is 0 Å². The van der Waals surface area contributed by atoms with E-state index in [-0.39, 0.29) is 11.4 Å². The highest BCUT2D eigenvalue weighted by Crippen LogP contribution is 2.34. The second kappa shape index (κ2) is 10.3. The van der Waals surface area contributed by atoms with Crippen LogP contribution in [0.4, 0.5) is 10.5 Å². The Kier molecular flexibility index (Phi) is 7.00. The first kappa shape index (κ1) is 24.4. The minimum absolute atomic E-state index is 0.273. The molecule has 4 aromatic rings. The number of benzene rings is 3. The van der Waals surface area contributed by atoms with E-state index in [0.29, 0.717) is 21.7 Å². The number of nitrogens with zero attached hydrogens (tertiary/aromatic N) is 2. The van der Waals surface area contributed by atoms with E-state index in [1.807, 2.05) is 60.8 Å². The molecule has 0 spiro atoms. The quantitative estimate of drug-likeness (QED) is 0.255. The lowest BCUT2D eigenvalue weighted by molar-refractivity contribution is -0.127. The van der Waals surface area contributed by atoms with Gasteiger partial charge in [-0.1, -0.05) is 60.1 Å². The monoisotopic (exact) mass is 579 g/mol. The highest BCUT2D eigenvalue weighted by atomic mass is 79.9. The zero-order valence-electron chi connectivity index (χ0n) is 18.8. The summed E-state index contributed by atoms with van der Waals surface area (Å²) in [6, 6.07) is 22.6. The summed E-state index contributed by atoms with van der Waals surface area (Å²) in [4.78, 5) is 39.4. The van der Waals surface area contributed by atoms with Gasteiger partial charge in [-0.25, -0.2) is 0 Å². The Morgan fingerprint density at radius 3 is 2.53 bits per heavy atom. The zero-order chi connectivity index (χ0) is 25.2. The number of fused-ring (bicyclic) bond motifs is 1. The van der Waals surface area contributed by atoms with Gasteiger partial charge in [0, 0.05) is 38.7 Å². The van der Waals surface area contributed by atoms with Gasteiger partial charge in [0.1, 0.15) is 6.54 Å². The molecule has 0 bridgehead atoms. The maximum atomic E-state index is 13.1. The van der Waals surface area contributed by atoms with Gasteiger partial charge < -0.3 is 9.88 Å². The summed E-state index contributed by atoms with van der Waals surface area (Å²) < 4.78 is 2.78. The summed E-state index contributed by atoms with van der Waals surface area (Å²) in [6.45, 7) is 0.197. The van der Waals surface area contributed by atoms with E-state index in [9.17, 15) is 14.4 Å². The van der Waals surface area contributed by atoms with Crippen molar-refractivity contribution in [1.82, 2.24) is 9.47 Å². The highest BCUT2D eigenvalue weighted by molar-refractivity contribution is 9.10. The van der Waals surface area contributed by atoms with Gasteiger partial charge in [0.15, 0.2) is 0 Å². The SMILES string of the molecule is O=C(CN1C(=O)S/C(=C/c2cn(Cc3ccccc3Cl)c3ccccc23)C1=O)Nc1ccccc1Br. The number of nitrogens with one attached hydrogen (secondary N) is 1. The number of rotatable bonds is 6. The molecule has 6 nitrogen and oxygen atoms in total. The van der Waals surface area contributed by atoms with Crippen LogP contribution in [0.3, 0.4) is 0 Å². The van der Waals surface area contributed by atoms with Crippen LogP contribution in [0.2, 0.25) is 5.02 Å². The molecule has 36 heavy (non-hydrogen) atoms. The van der Waals surface area contributed by atoms with Crippen molar-refractivity contribution in [2.24, 2.45) is 0 Å². The number of thioether (sulfide) groups is 1. The lowest BCUT2D eigenvalue weighted by Crippen LogP contribution is -2.36. The molecule has 1 fully saturated rings. The molecule has 0 unspecified atom stereocenters. The van der Waals surface area contributed by atoms with E-state index in [4.69, 9.17) is 11.6 Å². The lowest BCUT2D eigenvalue weighted by Gasteiger charge is -2.13. The Labute approximate surface area is 225 Å². The summed E-state index contributed by atoms with van der Waals surface area (Å²) in [5.41, 5.74) is 3.33. The van der Waals surface area contributed by atoms with Crippen LogP contribution in [-0.2, 0) is 16.1 Å². The summed E-state index contributed by atoms with van der Waals surface area (Å²) in [5, 5.41) is 3.87. The van der Waals surface area contributed by atoms with Gasteiger partial charge in [-0.05, 0) is 63.6 Å². The molecule has 2 heterocycles. The van der Waals surface area contributed by atoms with Gasteiger partial charge in [0.05, 0.1) is 10.6 Å². The van der Waals surface area contributed by atoms with Gasteiger partial charge in [0.2, 0.25) is 5.91 Å². The molecule has 1 aromatic heterocycles. The van der Waals surface area contributed by atoms with Crippen molar-refractivity contribution in [3.05, 3.63) is 105 Å². The number of carbonyl (C=O) groups excluding carboxylic acids is 3.